The molecule has 0 amide bonds. The average Bonchev–Trinajstić information content (AvgIpc) is 2.18. The highest BCUT2D eigenvalue weighted by Gasteiger charge is 2.10. The van der Waals surface area contributed by atoms with Gasteiger partial charge in [0.15, 0.2) is 0 Å². The molecule has 0 aromatic heterocycles. The molecule has 0 radical (unpaired) electrons. The van der Waals surface area contributed by atoms with Gasteiger partial charge >= 0.3 is 0 Å². The first-order chi connectivity index (χ1) is 6.66. The summed E-state index contributed by atoms with van der Waals surface area (Å²) in [6, 6.07) is 7.92. The molecule has 1 aromatic rings. The van der Waals surface area contributed by atoms with Crippen molar-refractivity contribution in [3.8, 4) is 6.07 Å². The number of nitrogens with zero attached hydrogens (tertiary/aromatic N) is 1. The number of nitriles is 1. The van der Waals surface area contributed by atoms with Crippen molar-refractivity contribution in [2.24, 2.45) is 0 Å². The molecule has 2 heteroatoms. The molecule has 1 atom stereocenters. The standard InChI is InChI=1S/C12H15NO/c1-9-5-3-6-11(10(9)2)12(14)7-4-8-13/h3,5-6,12,14H,4,7H2,1-2H3. The van der Waals surface area contributed by atoms with E-state index >= 15 is 0 Å². The zero-order chi connectivity index (χ0) is 10.6. The van der Waals surface area contributed by atoms with Crippen LogP contribution in [-0.4, -0.2) is 5.11 Å². The van der Waals surface area contributed by atoms with Crippen molar-refractivity contribution < 1.29 is 5.11 Å². The number of rotatable bonds is 3. The minimum absolute atomic E-state index is 0.397. The Kier molecular flexibility index (Phi) is 3.67. The van der Waals surface area contributed by atoms with Crippen molar-refractivity contribution in [1.29, 1.82) is 5.26 Å². The van der Waals surface area contributed by atoms with Crippen LogP contribution in [0.15, 0.2) is 18.2 Å². The number of hydrogen-bond donors (Lipinski definition) is 1. The van der Waals surface area contributed by atoms with Crippen molar-refractivity contribution >= 4 is 0 Å². The summed E-state index contributed by atoms with van der Waals surface area (Å²) < 4.78 is 0. The molecule has 1 unspecified atom stereocenters. The Morgan fingerprint density at radius 3 is 2.79 bits per heavy atom. The number of hydrogen-bond acceptors (Lipinski definition) is 2. The van der Waals surface area contributed by atoms with Crippen LogP contribution in [0.4, 0.5) is 0 Å². The fraction of sp³-hybridized carbons (Fsp3) is 0.417. The van der Waals surface area contributed by atoms with Crippen molar-refractivity contribution in [1.82, 2.24) is 0 Å². The third kappa shape index (κ3) is 2.34. The number of aliphatic hydroxyl groups excluding tert-OH is 1. The van der Waals surface area contributed by atoms with Gasteiger partial charge < -0.3 is 5.11 Å². The lowest BCUT2D eigenvalue weighted by molar-refractivity contribution is 0.168. The van der Waals surface area contributed by atoms with Gasteiger partial charge in [0.05, 0.1) is 12.2 Å². The first kappa shape index (κ1) is 10.7. The van der Waals surface area contributed by atoms with Gasteiger partial charge in [0.1, 0.15) is 0 Å². The SMILES string of the molecule is Cc1cccc(C(O)CCC#N)c1C. The van der Waals surface area contributed by atoms with Crippen LogP contribution in [0.3, 0.4) is 0 Å². The van der Waals surface area contributed by atoms with E-state index in [9.17, 15) is 5.11 Å². The quantitative estimate of drug-likeness (QED) is 0.794. The summed E-state index contributed by atoms with van der Waals surface area (Å²) in [4.78, 5) is 0. The Bertz CT molecular complexity index is 352. The monoisotopic (exact) mass is 189 g/mol. The molecule has 74 valence electrons. The van der Waals surface area contributed by atoms with Crippen molar-refractivity contribution in [2.75, 3.05) is 0 Å². The molecule has 0 aliphatic carbocycles. The second-order valence-electron chi connectivity index (χ2n) is 3.50. The summed E-state index contributed by atoms with van der Waals surface area (Å²) in [5.74, 6) is 0. The van der Waals surface area contributed by atoms with Crippen LogP contribution in [0.1, 0.15) is 35.6 Å². The van der Waals surface area contributed by atoms with Crippen LogP contribution in [0, 0.1) is 25.2 Å². The van der Waals surface area contributed by atoms with Gasteiger partial charge in [0.25, 0.3) is 0 Å². The lowest BCUT2D eigenvalue weighted by Gasteiger charge is -2.13. The van der Waals surface area contributed by atoms with Gasteiger partial charge in [-0.25, -0.2) is 0 Å². The Labute approximate surface area is 84.8 Å². The Balaban J connectivity index is 2.85. The van der Waals surface area contributed by atoms with E-state index in [1.807, 2.05) is 38.1 Å². The topological polar surface area (TPSA) is 44.0 Å². The van der Waals surface area contributed by atoms with Crippen molar-refractivity contribution in [3.05, 3.63) is 34.9 Å². The Hall–Kier alpha value is -1.33. The lowest BCUT2D eigenvalue weighted by Crippen LogP contribution is -2.00. The molecular weight excluding hydrogens is 174 g/mol. The maximum Gasteiger partial charge on any atom is 0.0802 e. The van der Waals surface area contributed by atoms with Crippen LogP contribution in [0.2, 0.25) is 0 Å². The van der Waals surface area contributed by atoms with E-state index in [4.69, 9.17) is 5.26 Å². The molecule has 0 saturated heterocycles. The third-order valence-electron chi connectivity index (χ3n) is 2.54. The van der Waals surface area contributed by atoms with Crippen molar-refractivity contribution in [3.63, 3.8) is 0 Å². The normalized spacial score (nSPS) is 12.1. The second kappa shape index (κ2) is 4.78. The minimum Gasteiger partial charge on any atom is -0.388 e. The highest BCUT2D eigenvalue weighted by atomic mass is 16.3. The van der Waals surface area contributed by atoms with E-state index in [1.165, 1.54) is 5.56 Å². The minimum atomic E-state index is -0.505. The molecule has 14 heavy (non-hydrogen) atoms. The maximum atomic E-state index is 9.81. The molecule has 0 spiro atoms. The van der Waals surface area contributed by atoms with Gasteiger partial charge in [-0.3, -0.25) is 0 Å². The zero-order valence-corrected chi connectivity index (χ0v) is 8.62. The molecule has 0 bridgehead atoms. The van der Waals surface area contributed by atoms with Gasteiger partial charge in [-0.1, -0.05) is 18.2 Å². The fourth-order valence-electron chi connectivity index (χ4n) is 1.49. The molecule has 0 saturated carbocycles. The first-order valence-electron chi connectivity index (χ1n) is 4.78. The Morgan fingerprint density at radius 1 is 1.43 bits per heavy atom. The third-order valence-corrected chi connectivity index (χ3v) is 2.54. The van der Waals surface area contributed by atoms with E-state index in [-0.39, 0.29) is 0 Å². The average molecular weight is 189 g/mol. The van der Waals surface area contributed by atoms with E-state index < -0.39 is 6.10 Å². The van der Waals surface area contributed by atoms with Gasteiger partial charge in [0, 0.05) is 6.42 Å². The largest absolute Gasteiger partial charge is 0.388 e. The Morgan fingerprint density at radius 2 is 2.14 bits per heavy atom. The highest BCUT2D eigenvalue weighted by molar-refractivity contribution is 5.34. The van der Waals surface area contributed by atoms with Crippen LogP contribution in [0.25, 0.3) is 0 Å². The van der Waals surface area contributed by atoms with Crippen LogP contribution < -0.4 is 0 Å². The smallest absolute Gasteiger partial charge is 0.0802 e. The van der Waals surface area contributed by atoms with Gasteiger partial charge in [0.2, 0.25) is 0 Å². The number of benzene rings is 1. The molecule has 1 N–H and O–H groups in total. The molecule has 1 rings (SSSR count). The van der Waals surface area contributed by atoms with E-state index in [2.05, 4.69) is 0 Å². The number of aryl methyl sites for hydroxylation is 1. The summed E-state index contributed by atoms with van der Waals surface area (Å²) in [6.07, 6.45) is 0.407. The van der Waals surface area contributed by atoms with Crippen LogP contribution in [0.5, 0.6) is 0 Å². The van der Waals surface area contributed by atoms with Crippen molar-refractivity contribution in [2.45, 2.75) is 32.8 Å². The van der Waals surface area contributed by atoms with Crippen LogP contribution in [-0.2, 0) is 0 Å². The molecule has 0 aliphatic rings. The summed E-state index contributed by atoms with van der Waals surface area (Å²) in [5.41, 5.74) is 3.25. The predicted molar refractivity (Wildman–Crippen MR) is 55.7 cm³/mol. The maximum absolute atomic E-state index is 9.81. The van der Waals surface area contributed by atoms with Crippen LogP contribution >= 0.6 is 0 Å². The summed E-state index contributed by atoms with van der Waals surface area (Å²) >= 11 is 0. The highest BCUT2D eigenvalue weighted by Crippen LogP contribution is 2.23. The van der Waals surface area contributed by atoms with Gasteiger partial charge in [-0.15, -0.1) is 0 Å². The van der Waals surface area contributed by atoms with Gasteiger partial charge in [-0.05, 0) is 37.0 Å². The molecule has 0 aliphatic heterocycles. The number of aliphatic hydroxyl groups is 1. The molecular formula is C12H15NO. The summed E-state index contributed by atoms with van der Waals surface area (Å²) in [7, 11) is 0. The van der Waals surface area contributed by atoms with E-state index in [1.54, 1.807) is 0 Å². The van der Waals surface area contributed by atoms with E-state index in [0.717, 1.165) is 11.1 Å². The summed E-state index contributed by atoms with van der Waals surface area (Å²) in [5, 5.41) is 18.2. The summed E-state index contributed by atoms with van der Waals surface area (Å²) in [6.45, 7) is 4.02. The zero-order valence-electron chi connectivity index (χ0n) is 8.62. The first-order valence-corrected chi connectivity index (χ1v) is 4.78. The second-order valence-corrected chi connectivity index (χ2v) is 3.50. The van der Waals surface area contributed by atoms with E-state index in [0.29, 0.717) is 12.8 Å². The fourth-order valence-corrected chi connectivity index (χ4v) is 1.49. The molecule has 0 fully saturated rings. The molecule has 2 nitrogen and oxygen atoms in total. The predicted octanol–water partition coefficient (Wildman–Crippen LogP) is 2.64. The van der Waals surface area contributed by atoms with Gasteiger partial charge in [-0.2, -0.15) is 5.26 Å². The molecule has 1 aromatic carbocycles. The molecule has 0 heterocycles. The lowest BCUT2D eigenvalue weighted by atomic mass is 9.97.